The third-order valence-corrected chi connectivity index (χ3v) is 2.22. The summed E-state index contributed by atoms with van der Waals surface area (Å²) in [6.45, 7) is 0. The predicted molar refractivity (Wildman–Crippen MR) is 39.0 cm³/mol. The molecule has 4 nitrogen and oxygen atoms in total. The Balaban J connectivity index is 2.46. The number of hydrogen-bond donors (Lipinski definition) is 3. The Hall–Kier alpha value is -0.610. The fourth-order valence-electron chi connectivity index (χ4n) is 1.39. The average molecular weight is 159 g/mol. The Morgan fingerprint density at radius 1 is 1.45 bits per heavy atom. The number of hydrogen-bond acceptors (Lipinski definition) is 3. The molecule has 0 amide bonds. The molecular formula is C7H13NO3. The zero-order valence-corrected chi connectivity index (χ0v) is 6.23. The molecule has 1 unspecified atom stereocenters. The van der Waals surface area contributed by atoms with E-state index in [9.17, 15) is 9.90 Å². The number of rotatable bonds is 1. The van der Waals surface area contributed by atoms with Crippen molar-refractivity contribution >= 4 is 5.97 Å². The molecule has 0 heterocycles. The van der Waals surface area contributed by atoms with Crippen LogP contribution in [0, 0.1) is 5.92 Å². The van der Waals surface area contributed by atoms with Crippen molar-refractivity contribution in [3.8, 4) is 0 Å². The van der Waals surface area contributed by atoms with Crippen LogP contribution in [0.25, 0.3) is 0 Å². The zero-order chi connectivity index (χ0) is 8.43. The fraction of sp³-hybridized carbons (Fsp3) is 0.857. The van der Waals surface area contributed by atoms with E-state index in [1.165, 1.54) is 0 Å². The molecule has 64 valence electrons. The van der Waals surface area contributed by atoms with Gasteiger partial charge in [0.1, 0.15) is 0 Å². The van der Waals surface area contributed by atoms with E-state index < -0.39 is 18.0 Å². The third-order valence-electron chi connectivity index (χ3n) is 2.22. The molecule has 0 radical (unpaired) electrons. The highest BCUT2D eigenvalue weighted by atomic mass is 16.4. The average Bonchev–Trinajstić information content (AvgIpc) is 1.94. The summed E-state index contributed by atoms with van der Waals surface area (Å²) in [5.74, 6) is -1.22. The minimum absolute atomic E-state index is 0.231. The maximum atomic E-state index is 10.5. The van der Waals surface area contributed by atoms with Gasteiger partial charge in [-0.3, -0.25) is 4.79 Å². The minimum atomic E-state index is -0.823. The lowest BCUT2D eigenvalue weighted by molar-refractivity contribution is -0.144. The van der Waals surface area contributed by atoms with Crippen molar-refractivity contribution in [1.82, 2.24) is 0 Å². The van der Waals surface area contributed by atoms with E-state index in [0.717, 1.165) is 0 Å². The first-order chi connectivity index (χ1) is 5.11. The number of carboxylic acids is 1. The molecule has 0 aromatic rings. The summed E-state index contributed by atoms with van der Waals surface area (Å²) in [7, 11) is 0. The van der Waals surface area contributed by atoms with E-state index in [-0.39, 0.29) is 6.04 Å². The molecule has 0 aromatic carbocycles. The van der Waals surface area contributed by atoms with Gasteiger partial charge >= 0.3 is 5.97 Å². The van der Waals surface area contributed by atoms with Gasteiger partial charge in [-0.2, -0.15) is 0 Å². The summed E-state index contributed by atoms with van der Waals surface area (Å²) in [6, 6.07) is -0.231. The highest BCUT2D eigenvalue weighted by molar-refractivity contribution is 5.70. The quantitative estimate of drug-likeness (QED) is 0.484. The van der Waals surface area contributed by atoms with Gasteiger partial charge in [-0.15, -0.1) is 0 Å². The Morgan fingerprint density at radius 2 is 2.09 bits per heavy atom. The second-order valence-corrected chi connectivity index (χ2v) is 3.08. The summed E-state index contributed by atoms with van der Waals surface area (Å²) < 4.78 is 0. The fourth-order valence-corrected chi connectivity index (χ4v) is 1.39. The molecule has 1 aliphatic carbocycles. The highest BCUT2D eigenvalue weighted by Gasteiger charge is 2.30. The van der Waals surface area contributed by atoms with Crippen molar-refractivity contribution in [2.75, 3.05) is 0 Å². The Labute approximate surface area is 65.0 Å². The smallest absolute Gasteiger partial charge is 0.306 e. The second kappa shape index (κ2) is 3.19. The summed E-state index contributed by atoms with van der Waals surface area (Å²) in [5.41, 5.74) is 5.50. The standard InChI is InChI=1S/C7H13NO3/c8-5-2-1-4(7(10)11)3-6(5)9/h4-6,9H,1-3,8H2,(H,10,11)/t4?,5-,6-/m0/s1. The molecule has 0 spiro atoms. The van der Waals surface area contributed by atoms with Gasteiger partial charge in [-0.25, -0.2) is 0 Å². The second-order valence-electron chi connectivity index (χ2n) is 3.08. The highest BCUT2D eigenvalue weighted by Crippen LogP contribution is 2.23. The zero-order valence-electron chi connectivity index (χ0n) is 6.23. The van der Waals surface area contributed by atoms with E-state index in [4.69, 9.17) is 10.8 Å². The van der Waals surface area contributed by atoms with Crippen LogP contribution in [-0.4, -0.2) is 28.3 Å². The van der Waals surface area contributed by atoms with Crippen LogP contribution in [0.5, 0.6) is 0 Å². The molecule has 4 N–H and O–H groups in total. The van der Waals surface area contributed by atoms with Crippen molar-refractivity contribution < 1.29 is 15.0 Å². The minimum Gasteiger partial charge on any atom is -0.481 e. The van der Waals surface area contributed by atoms with Crippen LogP contribution >= 0.6 is 0 Å². The van der Waals surface area contributed by atoms with E-state index in [0.29, 0.717) is 19.3 Å². The summed E-state index contributed by atoms with van der Waals surface area (Å²) in [6.07, 6.45) is 0.868. The molecule has 1 rings (SSSR count). The molecule has 11 heavy (non-hydrogen) atoms. The molecule has 1 saturated carbocycles. The Kier molecular flexibility index (Phi) is 2.46. The maximum absolute atomic E-state index is 10.5. The number of nitrogens with two attached hydrogens (primary N) is 1. The molecule has 0 aromatic heterocycles. The molecule has 1 fully saturated rings. The Bertz CT molecular complexity index is 160. The first-order valence-electron chi connectivity index (χ1n) is 3.77. The van der Waals surface area contributed by atoms with Gasteiger partial charge in [0.2, 0.25) is 0 Å². The van der Waals surface area contributed by atoms with Crippen molar-refractivity contribution in [3.63, 3.8) is 0 Å². The predicted octanol–water partition coefficient (Wildman–Crippen LogP) is -0.441. The van der Waals surface area contributed by atoms with Crippen molar-refractivity contribution in [3.05, 3.63) is 0 Å². The number of carbonyl (C=O) groups is 1. The molecule has 0 aliphatic heterocycles. The SMILES string of the molecule is N[C@H]1CCC(C(=O)O)C[C@@H]1O. The van der Waals surface area contributed by atoms with Gasteiger partial charge in [-0.05, 0) is 19.3 Å². The first kappa shape index (κ1) is 8.49. The van der Waals surface area contributed by atoms with E-state index in [1.807, 2.05) is 0 Å². The van der Waals surface area contributed by atoms with E-state index in [1.54, 1.807) is 0 Å². The van der Waals surface area contributed by atoms with Crippen molar-refractivity contribution in [2.45, 2.75) is 31.4 Å². The monoisotopic (exact) mass is 159 g/mol. The van der Waals surface area contributed by atoms with Crippen LogP contribution < -0.4 is 5.73 Å². The molecule has 3 atom stereocenters. The lowest BCUT2D eigenvalue weighted by atomic mass is 9.84. The van der Waals surface area contributed by atoms with Crippen LogP contribution in [0.3, 0.4) is 0 Å². The van der Waals surface area contributed by atoms with Crippen LogP contribution in [0.2, 0.25) is 0 Å². The molecule has 0 bridgehead atoms. The van der Waals surface area contributed by atoms with Gasteiger partial charge in [0.15, 0.2) is 0 Å². The summed E-state index contributed by atoms with van der Waals surface area (Å²) >= 11 is 0. The third kappa shape index (κ3) is 1.91. The number of carboxylic acid groups (broad SMARTS) is 1. The van der Waals surface area contributed by atoms with Crippen LogP contribution in [0.15, 0.2) is 0 Å². The van der Waals surface area contributed by atoms with Gasteiger partial charge in [0.05, 0.1) is 12.0 Å². The van der Waals surface area contributed by atoms with Crippen LogP contribution in [0.1, 0.15) is 19.3 Å². The molecule has 0 saturated heterocycles. The molecule has 4 heteroatoms. The first-order valence-corrected chi connectivity index (χ1v) is 3.77. The largest absolute Gasteiger partial charge is 0.481 e. The van der Waals surface area contributed by atoms with Crippen LogP contribution in [0.4, 0.5) is 0 Å². The van der Waals surface area contributed by atoms with Gasteiger partial charge in [-0.1, -0.05) is 0 Å². The summed E-state index contributed by atoms with van der Waals surface area (Å²) in [5, 5.41) is 17.8. The Morgan fingerprint density at radius 3 is 2.55 bits per heavy atom. The molecular weight excluding hydrogens is 146 g/mol. The summed E-state index contributed by atoms with van der Waals surface area (Å²) in [4.78, 5) is 10.5. The van der Waals surface area contributed by atoms with E-state index in [2.05, 4.69) is 0 Å². The topological polar surface area (TPSA) is 83.6 Å². The lowest BCUT2D eigenvalue weighted by Gasteiger charge is -2.28. The van der Waals surface area contributed by atoms with Crippen LogP contribution in [-0.2, 0) is 4.79 Å². The molecule has 1 aliphatic rings. The van der Waals surface area contributed by atoms with Gasteiger partial charge in [0, 0.05) is 6.04 Å². The number of aliphatic carboxylic acids is 1. The van der Waals surface area contributed by atoms with Crippen molar-refractivity contribution in [1.29, 1.82) is 0 Å². The van der Waals surface area contributed by atoms with Gasteiger partial charge in [0.25, 0.3) is 0 Å². The lowest BCUT2D eigenvalue weighted by Crippen LogP contribution is -2.41. The normalized spacial score (nSPS) is 38.5. The van der Waals surface area contributed by atoms with Crippen molar-refractivity contribution in [2.24, 2.45) is 11.7 Å². The van der Waals surface area contributed by atoms with Gasteiger partial charge < -0.3 is 15.9 Å². The number of aliphatic hydroxyl groups is 1. The van der Waals surface area contributed by atoms with E-state index >= 15 is 0 Å². The number of aliphatic hydroxyl groups excluding tert-OH is 1. The maximum Gasteiger partial charge on any atom is 0.306 e.